The lowest BCUT2D eigenvalue weighted by Gasteiger charge is -2.36. The number of hydrogen-bond acceptors (Lipinski definition) is 4. The molecule has 0 unspecified atom stereocenters. The summed E-state index contributed by atoms with van der Waals surface area (Å²) in [5.74, 6) is 0.506. The van der Waals surface area contributed by atoms with Gasteiger partial charge in [-0.2, -0.15) is 13.2 Å². The summed E-state index contributed by atoms with van der Waals surface area (Å²) in [5, 5.41) is 10.7. The molecule has 1 aromatic rings. The molecule has 0 saturated carbocycles. The molecule has 0 atom stereocenters. The summed E-state index contributed by atoms with van der Waals surface area (Å²) in [6.45, 7) is 7.55. The number of benzene rings is 1. The third-order valence-corrected chi connectivity index (χ3v) is 4.22. The van der Waals surface area contributed by atoms with Crippen molar-refractivity contribution in [2.45, 2.75) is 20.0 Å². The van der Waals surface area contributed by atoms with E-state index in [0.717, 1.165) is 12.6 Å². The first-order chi connectivity index (χ1) is 11.1. The van der Waals surface area contributed by atoms with Gasteiger partial charge in [-0.1, -0.05) is 25.4 Å². The molecule has 1 aliphatic rings. The minimum absolute atomic E-state index is 0.141. The highest BCUT2D eigenvalue weighted by atomic mass is 35.5. The zero-order valence-corrected chi connectivity index (χ0v) is 14.2. The lowest BCUT2D eigenvalue weighted by atomic mass is 10.1. The molecule has 1 aromatic carbocycles. The third-order valence-electron chi connectivity index (χ3n) is 3.90. The highest BCUT2D eigenvalue weighted by Gasteiger charge is 2.37. The average molecular weight is 366 g/mol. The number of hydrogen-bond donors (Lipinski definition) is 0. The molecule has 134 valence electrons. The molecule has 0 amide bonds. The second-order valence-electron chi connectivity index (χ2n) is 6.26. The molecule has 0 aliphatic carbocycles. The van der Waals surface area contributed by atoms with Gasteiger partial charge in [-0.15, -0.1) is 0 Å². The Morgan fingerprint density at radius 1 is 1.25 bits per heavy atom. The number of piperazine rings is 1. The van der Waals surface area contributed by atoms with Gasteiger partial charge in [0, 0.05) is 38.8 Å². The largest absolute Gasteiger partial charge is 0.418 e. The Bertz CT molecular complexity index is 615. The number of nitro groups is 1. The molecule has 0 radical (unpaired) electrons. The van der Waals surface area contributed by atoms with Crippen LogP contribution < -0.4 is 4.90 Å². The molecular formula is C15H19ClF3N3O2. The van der Waals surface area contributed by atoms with Gasteiger partial charge in [-0.25, -0.2) is 0 Å². The van der Waals surface area contributed by atoms with Gasteiger partial charge in [-0.3, -0.25) is 15.0 Å². The minimum Gasteiger partial charge on any atom is -0.363 e. The summed E-state index contributed by atoms with van der Waals surface area (Å²) in [5.41, 5.74) is -1.61. The lowest BCUT2D eigenvalue weighted by molar-refractivity contribution is -0.384. The van der Waals surface area contributed by atoms with Gasteiger partial charge >= 0.3 is 6.18 Å². The van der Waals surface area contributed by atoms with Gasteiger partial charge in [0.2, 0.25) is 0 Å². The van der Waals surface area contributed by atoms with E-state index < -0.39 is 27.4 Å². The molecule has 0 bridgehead atoms. The zero-order chi connectivity index (χ0) is 18.1. The van der Waals surface area contributed by atoms with Crippen LogP contribution in [0.5, 0.6) is 0 Å². The molecule has 1 aliphatic heterocycles. The van der Waals surface area contributed by atoms with Crippen LogP contribution in [0.1, 0.15) is 19.4 Å². The van der Waals surface area contributed by atoms with E-state index in [1.54, 1.807) is 4.90 Å². The van der Waals surface area contributed by atoms with Crippen molar-refractivity contribution in [3.05, 3.63) is 32.8 Å². The summed E-state index contributed by atoms with van der Waals surface area (Å²) in [4.78, 5) is 14.4. The zero-order valence-electron chi connectivity index (χ0n) is 13.4. The van der Waals surface area contributed by atoms with Crippen LogP contribution in [0.4, 0.5) is 24.5 Å². The van der Waals surface area contributed by atoms with E-state index >= 15 is 0 Å². The first kappa shape index (κ1) is 18.8. The quantitative estimate of drug-likeness (QED) is 0.596. The second kappa shape index (κ2) is 7.14. The fourth-order valence-corrected chi connectivity index (χ4v) is 3.12. The minimum atomic E-state index is -4.73. The Balaban J connectivity index is 2.28. The summed E-state index contributed by atoms with van der Waals surface area (Å²) in [6.07, 6.45) is -4.73. The predicted octanol–water partition coefficient (Wildman–Crippen LogP) is 4.05. The monoisotopic (exact) mass is 365 g/mol. The summed E-state index contributed by atoms with van der Waals surface area (Å²) in [6, 6.07) is 1.58. The van der Waals surface area contributed by atoms with E-state index in [1.807, 2.05) is 0 Å². The molecule has 0 N–H and O–H groups in total. The van der Waals surface area contributed by atoms with E-state index in [-0.39, 0.29) is 5.69 Å². The number of rotatable bonds is 4. The van der Waals surface area contributed by atoms with Gasteiger partial charge < -0.3 is 4.90 Å². The van der Waals surface area contributed by atoms with Crippen molar-refractivity contribution < 1.29 is 18.1 Å². The SMILES string of the molecule is CC(C)CN1CCN(c2cc(Cl)c(C(F)(F)F)cc2[N+](=O)[O-])CC1. The number of nitro benzene ring substituents is 1. The van der Waals surface area contributed by atoms with Crippen molar-refractivity contribution >= 4 is 23.0 Å². The Morgan fingerprint density at radius 2 is 1.83 bits per heavy atom. The molecule has 2 rings (SSSR count). The average Bonchev–Trinajstić information content (AvgIpc) is 2.45. The summed E-state index contributed by atoms with van der Waals surface area (Å²) < 4.78 is 38.7. The van der Waals surface area contributed by atoms with Gasteiger partial charge in [0.25, 0.3) is 5.69 Å². The maximum Gasteiger partial charge on any atom is 0.418 e. The van der Waals surface area contributed by atoms with E-state index in [0.29, 0.717) is 38.2 Å². The van der Waals surface area contributed by atoms with Gasteiger partial charge in [0.1, 0.15) is 5.69 Å². The maximum atomic E-state index is 12.9. The van der Waals surface area contributed by atoms with Crippen LogP contribution in [-0.2, 0) is 6.18 Å². The normalized spacial score (nSPS) is 16.7. The Morgan fingerprint density at radius 3 is 2.29 bits per heavy atom. The highest BCUT2D eigenvalue weighted by Crippen LogP contribution is 2.41. The number of alkyl halides is 3. The summed E-state index contributed by atoms with van der Waals surface area (Å²) in [7, 11) is 0. The fraction of sp³-hybridized carbons (Fsp3) is 0.600. The van der Waals surface area contributed by atoms with Crippen molar-refractivity contribution in [2.24, 2.45) is 5.92 Å². The molecule has 1 saturated heterocycles. The smallest absolute Gasteiger partial charge is 0.363 e. The molecule has 1 heterocycles. The number of halogens is 4. The third kappa shape index (κ3) is 4.30. The van der Waals surface area contributed by atoms with Crippen molar-refractivity contribution in [3.8, 4) is 0 Å². The molecule has 0 spiro atoms. The van der Waals surface area contributed by atoms with Crippen LogP contribution >= 0.6 is 11.6 Å². The van der Waals surface area contributed by atoms with Gasteiger partial charge in [-0.05, 0) is 12.0 Å². The van der Waals surface area contributed by atoms with Crippen LogP contribution in [-0.4, -0.2) is 42.5 Å². The van der Waals surface area contributed by atoms with Crippen LogP contribution in [0.25, 0.3) is 0 Å². The number of nitrogens with zero attached hydrogens (tertiary/aromatic N) is 3. The molecule has 1 fully saturated rings. The number of anilines is 1. The van der Waals surface area contributed by atoms with E-state index in [1.165, 1.54) is 0 Å². The lowest BCUT2D eigenvalue weighted by Crippen LogP contribution is -2.47. The molecule has 0 aromatic heterocycles. The Kier molecular flexibility index (Phi) is 5.59. The molecule has 9 heteroatoms. The Hall–Kier alpha value is -1.54. The van der Waals surface area contributed by atoms with Crippen LogP contribution in [0.3, 0.4) is 0 Å². The van der Waals surface area contributed by atoms with Crippen LogP contribution in [0.15, 0.2) is 12.1 Å². The standard InChI is InChI=1S/C15H19ClF3N3O2/c1-10(2)9-20-3-5-21(6-4-20)13-8-12(16)11(15(17,18)19)7-14(13)22(23)24/h7-8,10H,3-6,9H2,1-2H3. The van der Waals surface area contributed by atoms with Gasteiger partial charge in [0.05, 0.1) is 15.5 Å². The van der Waals surface area contributed by atoms with Crippen LogP contribution in [0, 0.1) is 16.0 Å². The van der Waals surface area contributed by atoms with E-state index in [4.69, 9.17) is 11.6 Å². The van der Waals surface area contributed by atoms with Crippen molar-refractivity contribution in [3.63, 3.8) is 0 Å². The van der Waals surface area contributed by atoms with Gasteiger partial charge in [0.15, 0.2) is 0 Å². The van der Waals surface area contributed by atoms with E-state index in [2.05, 4.69) is 18.7 Å². The second-order valence-corrected chi connectivity index (χ2v) is 6.66. The molecular weight excluding hydrogens is 347 g/mol. The van der Waals surface area contributed by atoms with Crippen LogP contribution in [0.2, 0.25) is 5.02 Å². The predicted molar refractivity (Wildman–Crippen MR) is 86.6 cm³/mol. The van der Waals surface area contributed by atoms with Crippen molar-refractivity contribution in [2.75, 3.05) is 37.6 Å². The topological polar surface area (TPSA) is 49.6 Å². The van der Waals surface area contributed by atoms with Crippen molar-refractivity contribution in [1.82, 2.24) is 4.90 Å². The first-order valence-corrected chi connectivity index (χ1v) is 8.00. The first-order valence-electron chi connectivity index (χ1n) is 7.62. The summed E-state index contributed by atoms with van der Waals surface area (Å²) >= 11 is 5.73. The molecule has 5 nitrogen and oxygen atoms in total. The molecule has 24 heavy (non-hydrogen) atoms. The van der Waals surface area contributed by atoms with Crippen molar-refractivity contribution in [1.29, 1.82) is 0 Å². The fourth-order valence-electron chi connectivity index (χ4n) is 2.86. The Labute approximate surface area is 143 Å². The van der Waals surface area contributed by atoms with E-state index in [9.17, 15) is 23.3 Å². The highest BCUT2D eigenvalue weighted by molar-refractivity contribution is 6.31. The maximum absolute atomic E-state index is 12.9.